The average molecular weight is 607 g/mol. The molecule has 4 unspecified atom stereocenters. The van der Waals surface area contributed by atoms with E-state index in [-0.39, 0.29) is 38.2 Å². The zero-order valence-corrected chi connectivity index (χ0v) is 24.0. The van der Waals surface area contributed by atoms with Crippen LogP contribution in [0.25, 0.3) is 10.9 Å². The van der Waals surface area contributed by atoms with Crippen LogP contribution in [0, 0.1) is 0 Å². The maximum absolute atomic E-state index is 13.3. The summed E-state index contributed by atoms with van der Waals surface area (Å²) in [7, 11) is 0. The number of aromatic amines is 1. The lowest BCUT2D eigenvalue weighted by Gasteiger charge is -2.25. The zero-order valence-electron chi connectivity index (χ0n) is 23.2. The van der Waals surface area contributed by atoms with E-state index in [0.29, 0.717) is 5.75 Å². The summed E-state index contributed by atoms with van der Waals surface area (Å²) in [4.78, 5) is 68.8. The summed E-state index contributed by atoms with van der Waals surface area (Å²) >= 11 is 1.44. The van der Waals surface area contributed by atoms with E-state index in [4.69, 9.17) is 22.3 Å². The molecule has 0 radical (unpaired) electrons. The number of benzene rings is 1. The Labute approximate surface area is 246 Å². The van der Waals surface area contributed by atoms with Crippen molar-refractivity contribution in [3.05, 3.63) is 36.0 Å². The second kappa shape index (κ2) is 16.8. The van der Waals surface area contributed by atoms with E-state index in [0.717, 1.165) is 16.5 Å². The molecule has 4 atom stereocenters. The lowest BCUT2D eigenvalue weighted by atomic mass is 10.0. The van der Waals surface area contributed by atoms with Crippen LogP contribution in [0.2, 0.25) is 0 Å². The topological polar surface area (TPSA) is 268 Å². The first-order chi connectivity index (χ1) is 19.9. The molecule has 16 heteroatoms. The van der Waals surface area contributed by atoms with Gasteiger partial charge < -0.3 is 48.3 Å². The molecule has 42 heavy (non-hydrogen) atoms. The molecule has 0 aliphatic heterocycles. The Morgan fingerprint density at radius 1 is 0.952 bits per heavy atom. The first kappa shape index (κ1) is 33.9. The maximum Gasteiger partial charge on any atom is 0.326 e. The van der Waals surface area contributed by atoms with E-state index in [2.05, 4.69) is 25.9 Å². The first-order valence-electron chi connectivity index (χ1n) is 13.1. The molecule has 0 fully saturated rings. The van der Waals surface area contributed by atoms with Crippen LogP contribution in [-0.4, -0.2) is 93.5 Å². The normalized spacial score (nSPS) is 13.8. The Bertz CT molecular complexity index is 1280. The highest BCUT2D eigenvalue weighted by Crippen LogP contribution is 2.19. The molecule has 12 N–H and O–H groups in total. The number of aliphatic carboxylic acids is 2. The average Bonchev–Trinajstić information content (AvgIpc) is 3.34. The molecule has 0 aliphatic carbocycles. The van der Waals surface area contributed by atoms with E-state index < -0.39 is 60.2 Å². The lowest BCUT2D eigenvalue weighted by Crippen LogP contribution is -2.57. The molecule has 2 rings (SSSR count). The van der Waals surface area contributed by atoms with Crippen molar-refractivity contribution in [1.29, 1.82) is 0 Å². The number of carboxylic acids is 2. The number of rotatable bonds is 18. The number of thioether (sulfide) groups is 1. The summed E-state index contributed by atoms with van der Waals surface area (Å²) in [5.74, 6) is -4.82. The molecule has 1 aromatic heterocycles. The number of guanidine groups is 1. The van der Waals surface area contributed by atoms with Gasteiger partial charge in [0.05, 0.1) is 12.5 Å². The molecule has 0 spiro atoms. The maximum atomic E-state index is 13.3. The lowest BCUT2D eigenvalue weighted by molar-refractivity contribution is -0.147. The minimum absolute atomic E-state index is 0.00294. The van der Waals surface area contributed by atoms with Crippen LogP contribution < -0.4 is 33.2 Å². The number of carbonyl (C=O) groups is 5. The molecular weight excluding hydrogens is 568 g/mol. The van der Waals surface area contributed by atoms with Crippen molar-refractivity contribution in [3.8, 4) is 0 Å². The van der Waals surface area contributed by atoms with Gasteiger partial charge in [0, 0.05) is 23.6 Å². The number of nitrogens with zero attached hydrogens (tertiary/aromatic N) is 1. The van der Waals surface area contributed by atoms with Crippen LogP contribution in [0.5, 0.6) is 0 Å². The molecule has 0 saturated carbocycles. The quantitative estimate of drug-likeness (QED) is 0.0556. The third kappa shape index (κ3) is 10.9. The van der Waals surface area contributed by atoms with Crippen molar-refractivity contribution in [2.24, 2.45) is 22.2 Å². The fourth-order valence-corrected chi connectivity index (χ4v) is 4.58. The predicted molar refractivity (Wildman–Crippen MR) is 159 cm³/mol. The number of fused-ring (bicyclic) bond motifs is 1. The summed E-state index contributed by atoms with van der Waals surface area (Å²) in [6.07, 6.45) is 3.39. The third-order valence-corrected chi connectivity index (χ3v) is 6.91. The van der Waals surface area contributed by atoms with Crippen LogP contribution in [0.4, 0.5) is 0 Å². The molecule has 1 heterocycles. The summed E-state index contributed by atoms with van der Waals surface area (Å²) in [6, 6.07) is 2.55. The Balaban J connectivity index is 2.15. The number of amides is 3. The first-order valence-corrected chi connectivity index (χ1v) is 14.5. The van der Waals surface area contributed by atoms with Crippen molar-refractivity contribution in [3.63, 3.8) is 0 Å². The highest BCUT2D eigenvalue weighted by Gasteiger charge is 2.31. The minimum Gasteiger partial charge on any atom is -0.481 e. The second-order valence-electron chi connectivity index (χ2n) is 9.52. The van der Waals surface area contributed by atoms with E-state index >= 15 is 0 Å². The largest absolute Gasteiger partial charge is 0.481 e. The third-order valence-electron chi connectivity index (χ3n) is 6.27. The Morgan fingerprint density at radius 3 is 2.19 bits per heavy atom. The van der Waals surface area contributed by atoms with E-state index in [1.165, 1.54) is 11.8 Å². The zero-order chi connectivity index (χ0) is 31.2. The van der Waals surface area contributed by atoms with Crippen molar-refractivity contribution < 1.29 is 34.2 Å². The fraction of sp³-hybridized carbons (Fsp3) is 0.462. The van der Waals surface area contributed by atoms with Gasteiger partial charge in [0.1, 0.15) is 18.1 Å². The Morgan fingerprint density at radius 2 is 1.57 bits per heavy atom. The van der Waals surface area contributed by atoms with Gasteiger partial charge in [0.25, 0.3) is 0 Å². The smallest absolute Gasteiger partial charge is 0.326 e. The summed E-state index contributed by atoms with van der Waals surface area (Å²) in [5, 5.41) is 26.6. The number of nitrogens with two attached hydrogens (primary N) is 3. The number of carbonyl (C=O) groups excluding carboxylic acids is 3. The fourth-order valence-electron chi connectivity index (χ4n) is 4.11. The minimum atomic E-state index is -1.72. The summed E-state index contributed by atoms with van der Waals surface area (Å²) < 4.78 is 0. The number of nitrogens with one attached hydrogen (secondary N) is 4. The molecule has 15 nitrogen and oxygen atoms in total. The van der Waals surface area contributed by atoms with Gasteiger partial charge in [-0.3, -0.25) is 24.2 Å². The van der Waals surface area contributed by atoms with Crippen LogP contribution in [0.3, 0.4) is 0 Å². The van der Waals surface area contributed by atoms with Crippen LogP contribution >= 0.6 is 11.8 Å². The van der Waals surface area contributed by atoms with E-state index in [1.807, 2.05) is 30.5 Å². The number of aromatic nitrogens is 1. The van der Waals surface area contributed by atoms with Crippen molar-refractivity contribution >= 4 is 58.3 Å². The molecule has 3 amide bonds. The van der Waals surface area contributed by atoms with Gasteiger partial charge in [-0.05, 0) is 49.3 Å². The molecule has 230 valence electrons. The second-order valence-corrected chi connectivity index (χ2v) is 10.5. The van der Waals surface area contributed by atoms with Gasteiger partial charge in [-0.1, -0.05) is 18.2 Å². The Kier molecular flexibility index (Phi) is 13.6. The number of para-hydroxylation sites is 1. The van der Waals surface area contributed by atoms with Crippen LogP contribution in [0.15, 0.2) is 35.5 Å². The molecule has 1 aromatic carbocycles. The number of H-pyrrole nitrogens is 1. The summed E-state index contributed by atoms with van der Waals surface area (Å²) in [6.45, 7) is 0.120. The Hall–Kier alpha value is -4.31. The van der Waals surface area contributed by atoms with Gasteiger partial charge >= 0.3 is 11.9 Å². The van der Waals surface area contributed by atoms with Gasteiger partial charge in [-0.25, -0.2) is 4.79 Å². The molecule has 0 bridgehead atoms. The van der Waals surface area contributed by atoms with E-state index in [1.54, 1.807) is 6.20 Å². The number of carboxylic acid groups (broad SMARTS) is 2. The summed E-state index contributed by atoms with van der Waals surface area (Å²) in [5.41, 5.74) is 18.6. The van der Waals surface area contributed by atoms with Gasteiger partial charge in [0.15, 0.2) is 5.96 Å². The van der Waals surface area contributed by atoms with Gasteiger partial charge in [-0.2, -0.15) is 11.8 Å². The molecular formula is C26H38N8O7S. The van der Waals surface area contributed by atoms with Crippen LogP contribution in [0.1, 0.15) is 31.2 Å². The predicted octanol–water partition coefficient (Wildman–Crippen LogP) is -1.14. The number of hydrogen-bond donors (Lipinski definition) is 9. The molecule has 2 aromatic rings. The van der Waals surface area contributed by atoms with E-state index in [9.17, 15) is 29.1 Å². The highest BCUT2D eigenvalue weighted by atomic mass is 32.2. The monoisotopic (exact) mass is 606 g/mol. The van der Waals surface area contributed by atoms with Gasteiger partial charge in [0.2, 0.25) is 17.7 Å². The van der Waals surface area contributed by atoms with Crippen molar-refractivity contribution in [2.75, 3.05) is 18.6 Å². The molecule has 0 saturated heterocycles. The van der Waals surface area contributed by atoms with Crippen molar-refractivity contribution in [1.82, 2.24) is 20.9 Å². The van der Waals surface area contributed by atoms with Crippen molar-refractivity contribution in [2.45, 2.75) is 56.3 Å². The SMILES string of the molecule is CSCCC(NC(=O)C(N)Cc1c[nH]c2ccccc12)C(=O)NC(CCCN=C(N)N)C(=O)NC(CC(=O)O)C(=O)O. The standard InChI is InChI=1S/C26H38N8O7S/c1-42-10-8-19(32-22(37)16(27)11-14-13-31-17-6-3-2-5-15(14)17)24(39)33-18(7-4-9-30-26(28)29)23(38)34-20(25(40)41)12-21(35)36/h2-3,5-6,13,16,18-20,31H,4,7-12,27H2,1H3,(H,32,37)(H,33,39)(H,34,38)(H,35,36)(H,40,41)(H4,28,29,30). The molecule has 0 aliphatic rings. The van der Waals surface area contributed by atoms with Crippen LogP contribution in [-0.2, 0) is 30.4 Å². The van der Waals surface area contributed by atoms with Gasteiger partial charge in [-0.15, -0.1) is 0 Å². The number of aliphatic imine (C=N–C) groups is 1. The highest BCUT2D eigenvalue weighted by molar-refractivity contribution is 7.98. The number of hydrogen-bond acceptors (Lipinski definition) is 8.